The van der Waals surface area contributed by atoms with E-state index >= 15 is 0 Å². The van der Waals surface area contributed by atoms with Gasteiger partial charge >= 0.3 is 6.16 Å². The number of hydrogen-bond acceptors (Lipinski definition) is 4. The zero-order chi connectivity index (χ0) is 16.2. The lowest BCUT2D eigenvalue weighted by Crippen LogP contribution is -2.08. The number of halogens is 1. The standard InChI is InChI=1S/C17H13ClN2O3/c1-22-17(21)23-16-14(12-9-5-6-10-13(12)18)15(19-20-16)11-7-3-2-4-8-11/h2-10H,1H3,(H,19,20). The van der Waals surface area contributed by atoms with E-state index in [2.05, 4.69) is 14.9 Å². The number of carbonyl (C=O) groups is 1. The average Bonchev–Trinajstić information content (AvgIpc) is 2.99. The van der Waals surface area contributed by atoms with Gasteiger partial charge in [-0.25, -0.2) is 4.79 Å². The predicted octanol–water partition coefficient (Wildman–Crippen LogP) is 4.54. The predicted molar refractivity (Wildman–Crippen MR) is 87.5 cm³/mol. The van der Waals surface area contributed by atoms with Crippen LogP contribution in [0.2, 0.25) is 5.02 Å². The van der Waals surface area contributed by atoms with Crippen LogP contribution >= 0.6 is 11.6 Å². The Balaban J connectivity index is 2.18. The number of benzene rings is 2. The number of hydrogen-bond donors (Lipinski definition) is 1. The molecule has 3 aromatic rings. The van der Waals surface area contributed by atoms with Crippen LogP contribution in [0.5, 0.6) is 5.88 Å². The van der Waals surface area contributed by atoms with Crippen molar-refractivity contribution in [3.05, 3.63) is 59.6 Å². The fraction of sp³-hybridized carbons (Fsp3) is 0.0588. The first-order valence-electron chi connectivity index (χ1n) is 6.85. The zero-order valence-corrected chi connectivity index (χ0v) is 13.0. The summed E-state index contributed by atoms with van der Waals surface area (Å²) in [5.74, 6) is 0.115. The van der Waals surface area contributed by atoms with E-state index in [0.29, 0.717) is 21.8 Å². The Kier molecular flexibility index (Phi) is 4.30. The molecule has 3 rings (SSSR count). The normalized spacial score (nSPS) is 10.3. The SMILES string of the molecule is COC(=O)Oc1n[nH]c(-c2ccccc2)c1-c1ccccc1Cl. The van der Waals surface area contributed by atoms with Crippen molar-refractivity contribution in [3.8, 4) is 28.3 Å². The van der Waals surface area contributed by atoms with Gasteiger partial charge in [0.05, 0.1) is 18.4 Å². The highest BCUT2D eigenvalue weighted by Crippen LogP contribution is 2.40. The molecule has 116 valence electrons. The lowest BCUT2D eigenvalue weighted by atomic mass is 10.0. The number of aromatic amines is 1. The first kappa shape index (κ1) is 15.1. The van der Waals surface area contributed by atoms with Crippen molar-refractivity contribution in [2.24, 2.45) is 0 Å². The van der Waals surface area contributed by atoms with Gasteiger partial charge in [-0.3, -0.25) is 5.10 Å². The number of carbonyl (C=O) groups excluding carboxylic acids is 1. The van der Waals surface area contributed by atoms with E-state index in [0.717, 1.165) is 5.56 Å². The number of H-pyrrole nitrogens is 1. The Morgan fingerprint density at radius 1 is 1.09 bits per heavy atom. The minimum Gasteiger partial charge on any atom is -0.437 e. The molecule has 0 radical (unpaired) electrons. The van der Waals surface area contributed by atoms with Crippen LogP contribution in [0.25, 0.3) is 22.4 Å². The molecular formula is C17H13ClN2O3. The summed E-state index contributed by atoms with van der Waals surface area (Å²) in [6, 6.07) is 16.9. The smallest absolute Gasteiger partial charge is 0.437 e. The molecule has 0 amide bonds. The highest BCUT2D eigenvalue weighted by molar-refractivity contribution is 6.33. The van der Waals surface area contributed by atoms with Crippen LogP contribution in [-0.2, 0) is 4.74 Å². The minimum atomic E-state index is -0.843. The fourth-order valence-corrected chi connectivity index (χ4v) is 2.48. The van der Waals surface area contributed by atoms with Crippen LogP contribution in [0.1, 0.15) is 0 Å². The first-order chi connectivity index (χ1) is 11.2. The van der Waals surface area contributed by atoms with E-state index in [-0.39, 0.29) is 5.88 Å². The van der Waals surface area contributed by atoms with Gasteiger partial charge in [0.2, 0.25) is 0 Å². The van der Waals surface area contributed by atoms with Crippen LogP contribution in [0, 0.1) is 0 Å². The largest absolute Gasteiger partial charge is 0.514 e. The minimum absolute atomic E-state index is 0.115. The zero-order valence-electron chi connectivity index (χ0n) is 12.2. The Labute approximate surface area is 137 Å². The van der Waals surface area contributed by atoms with Crippen LogP contribution in [0.4, 0.5) is 4.79 Å². The molecule has 5 nitrogen and oxygen atoms in total. The van der Waals surface area contributed by atoms with Crippen molar-refractivity contribution >= 4 is 17.8 Å². The molecule has 6 heteroatoms. The summed E-state index contributed by atoms with van der Waals surface area (Å²) in [6.07, 6.45) is -0.843. The fourth-order valence-electron chi connectivity index (χ4n) is 2.25. The lowest BCUT2D eigenvalue weighted by molar-refractivity contribution is 0.120. The lowest BCUT2D eigenvalue weighted by Gasteiger charge is -2.08. The van der Waals surface area contributed by atoms with Crippen LogP contribution in [0.15, 0.2) is 54.6 Å². The highest BCUT2D eigenvalue weighted by Gasteiger charge is 2.22. The number of nitrogens with one attached hydrogen (secondary N) is 1. The van der Waals surface area contributed by atoms with Crippen LogP contribution < -0.4 is 4.74 Å². The monoisotopic (exact) mass is 328 g/mol. The average molecular weight is 329 g/mol. The maximum atomic E-state index is 11.5. The molecule has 1 aromatic heterocycles. The molecule has 0 fully saturated rings. The van der Waals surface area contributed by atoms with E-state index in [1.165, 1.54) is 7.11 Å². The van der Waals surface area contributed by atoms with E-state index < -0.39 is 6.16 Å². The summed E-state index contributed by atoms with van der Waals surface area (Å²) in [5, 5.41) is 7.52. The van der Waals surface area contributed by atoms with E-state index in [1.807, 2.05) is 48.5 Å². The van der Waals surface area contributed by atoms with E-state index in [1.54, 1.807) is 6.07 Å². The third-order valence-corrected chi connectivity index (χ3v) is 3.62. The van der Waals surface area contributed by atoms with Crippen LogP contribution in [0.3, 0.4) is 0 Å². The van der Waals surface area contributed by atoms with Gasteiger partial charge in [0.1, 0.15) is 0 Å². The van der Waals surface area contributed by atoms with Crippen molar-refractivity contribution in [2.75, 3.05) is 7.11 Å². The van der Waals surface area contributed by atoms with Crippen molar-refractivity contribution in [1.29, 1.82) is 0 Å². The molecule has 1 heterocycles. The molecule has 0 spiro atoms. The van der Waals surface area contributed by atoms with Crippen molar-refractivity contribution in [2.45, 2.75) is 0 Å². The molecule has 0 saturated carbocycles. The number of ether oxygens (including phenoxy) is 2. The molecule has 2 aromatic carbocycles. The second-order valence-corrected chi connectivity index (χ2v) is 5.09. The summed E-state index contributed by atoms with van der Waals surface area (Å²) in [5.41, 5.74) is 2.92. The van der Waals surface area contributed by atoms with Gasteiger partial charge in [0.15, 0.2) is 0 Å². The summed E-state index contributed by atoms with van der Waals surface area (Å²) in [4.78, 5) is 11.5. The molecule has 0 unspecified atom stereocenters. The molecule has 23 heavy (non-hydrogen) atoms. The quantitative estimate of drug-likeness (QED) is 0.717. The Morgan fingerprint density at radius 3 is 2.48 bits per heavy atom. The highest BCUT2D eigenvalue weighted by atomic mass is 35.5. The molecule has 1 N–H and O–H groups in total. The van der Waals surface area contributed by atoms with Gasteiger partial charge < -0.3 is 9.47 Å². The number of rotatable bonds is 3. The van der Waals surface area contributed by atoms with E-state index in [9.17, 15) is 4.79 Å². The number of methoxy groups -OCH3 is 1. The van der Waals surface area contributed by atoms with Gasteiger partial charge in [0, 0.05) is 16.1 Å². The van der Waals surface area contributed by atoms with Gasteiger partial charge in [-0.2, -0.15) is 0 Å². The Hall–Kier alpha value is -2.79. The molecular weight excluding hydrogens is 316 g/mol. The third kappa shape index (κ3) is 3.05. The van der Waals surface area contributed by atoms with Gasteiger partial charge in [-0.1, -0.05) is 60.1 Å². The number of aromatic nitrogens is 2. The summed E-state index contributed by atoms with van der Waals surface area (Å²) in [6.45, 7) is 0. The Bertz CT molecular complexity index is 831. The molecule has 0 saturated heterocycles. The maximum absolute atomic E-state index is 11.5. The second-order valence-electron chi connectivity index (χ2n) is 4.68. The maximum Gasteiger partial charge on any atom is 0.514 e. The summed E-state index contributed by atoms with van der Waals surface area (Å²) >= 11 is 6.30. The molecule has 0 aliphatic carbocycles. The van der Waals surface area contributed by atoms with Crippen molar-refractivity contribution in [1.82, 2.24) is 10.2 Å². The first-order valence-corrected chi connectivity index (χ1v) is 7.23. The number of nitrogens with zero attached hydrogens (tertiary/aromatic N) is 1. The van der Waals surface area contributed by atoms with Gasteiger partial charge in [-0.05, 0) is 6.07 Å². The molecule has 0 atom stereocenters. The van der Waals surface area contributed by atoms with Crippen molar-refractivity contribution in [3.63, 3.8) is 0 Å². The van der Waals surface area contributed by atoms with E-state index in [4.69, 9.17) is 16.3 Å². The van der Waals surface area contributed by atoms with Gasteiger partial charge in [-0.15, -0.1) is 5.10 Å². The van der Waals surface area contributed by atoms with Crippen LogP contribution in [-0.4, -0.2) is 23.5 Å². The topological polar surface area (TPSA) is 64.2 Å². The van der Waals surface area contributed by atoms with Gasteiger partial charge in [0.25, 0.3) is 5.88 Å². The van der Waals surface area contributed by atoms with Crippen molar-refractivity contribution < 1.29 is 14.3 Å². The summed E-state index contributed by atoms with van der Waals surface area (Å²) < 4.78 is 9.69. The molecule has 0 aliphatic rings. The third-order valence-electron chi connectivity index (χ3n) is 3.29. The summed E-state index contributed by atoms with van der Waals surface area (Å²) in [7, 11) is 1.24. The molecule has 0 bridgehead atoms. The molecule has 0 aliphatic heterocycles. The Morgan fingerprint density at radius 2 is 1.78 bits per heavy atom. The second kappa shape index (κ2) is 6.54.